The molecule has 0 spiro atoms. The zero-order valence-electron chi connectivity index (χ0n) is 11.0. The van der Waals surface area contributed by atoms with Crippen LogP contribution in [0.15, 0.2) is 0 Å². The van der Waals surface area contributed by atoms with Gasteiger partial charge in [0, 0.05) is 12.8 Å². The van der Waals surface area contributed by atoms with Gasteiger partial charge in [0.05, 0.1) is 11.8 Å². The van der Waals surface area contributed by atoms with Crippen LogP contribution in [0.5, 0.6) is 0 Å². The van der Waals surface area contributed by atoms with Crippen LogP contribution in [0.25, 0.3) is 0 Å². The molecular weight excluding hydrogens is 240 g/mol. The maximum Gasteiger partial charge on any atom is 0.358 e. The summed E-state index contributed by atoms with van der Waals surface area (Å²) in [6, 6.07) is 0. The molecule has 0 heterocycles. The summed E-state index contributed by atoms with van der Waals surface area (Å²) < 4.78 is 0. The highest BCUT2D eigenvalue weighted by molar-refractivity contribution is 5.84. The molecule has 0 bridgehead atoms. The minimum Gasteiger partial charge on any atom is -0.300 e. The number of hydrogen-bond donors (Lipinski definition) is 0. The highest BCUT2D eigenvalue weighted by Crippen LogP contribution is 2.09. The molecule has 0 fully saturated rings. The Balaban J connectivity index is 4.08. The number of ketones is 2. The van der Waals surface area contributed by atoms with E-state index in [2.05, 4.69) is 9.78 Å². The molecule has 18 heavy (non-hydrogen) atoms. The molecule has 6 heteroatoms. The van der Waals surface area contributed by atoms with Crippen LogP contribution in [0.3, 0.4) is 0 Å². The van der Waals surface area contributed by atoms with Crippen LogP contribution in [0.1, 0.15) is 40.5 Å². The molecule has 0 aliphatic carbocycles. The van der Waals surface area contributed by atoms with E-state index in [1.54, 1.807) is 0 Å². The second-order valence-corrected chi connectivity index (χ2v) is 4.42. The number of carbonyl (C=O) groups is 4. The van der Waals surface area contributed by atoms with E-state index < -0.39 is 23.8 Å². The van der Waals surface area contributed by atoms with Gasteiger partial charge < -0.3 is 9.59 Å². The molecule has 0 aliphatic rings. The summed E-state index contributed by atoms with van der Waals surface area (Å²) in [4.78, 5) is 52.8. The van der Waals surface area contributed by atoms with Crippen molar-refractivity contribution in [2.75, 3.05) is 0 Å². The smallest absolute Gasteiger partial charge is 0.300 e. The quantitative estimate of drug-likeness (QED) is 0.526. The van der Waals surface area contributed by atoms with E-state index >= 15 is 0 Å². The molecule has 0 saturated carbocycles. The van der Waals surface area contributed by atoms with Gasteiger partial charge in [-0.25, -0.2) is 19.4 Å². The Bertz CT molecular complexity index is 312. The Morgan fingerprint density at radius 2 is 1.06 bits per heavy atom. The lowest BCUT2D eigenvalue weighted by Gasteiger charge is -2.10. The van der Waals surface area contributed by atoms with Crippen LogP contribution < -0.4 is 0 Å². The van der Waals surface area contributed by atoms with Crippen LogP contribution in [-0.4, -0.2) is 23.5 Å². The summed E-state index contributed by atoms with van der Waals surface area (Å²) in [6.45, 7) is 5.70. The van der Waals surface area contributed by atoms with Gasteiger partial charge in [-0.05, 0) is 13.8 Å². The van der Waals surface area contributed by atoms with Crippen molar-refractivity contribution in [2.24, 2.45) is 11.8 Å². The maximum atomic E-state index is 11.3. The fourth-order valence-electron chi connectivity index (χ4n) is 1.28. The lowest BCUT2D eigenvalue weighted by molar-refractivity contribution is -0.264. The van der Waals surface area contributed by atoms with E-state index in [9.17, 15) is 19.2 Å². The van der Waals surface area contributed by atoms with Crippen LogP contribution in [-0.2, 0) is 29.0 Å². The second kappa shape index (κ2) is 7.58. The van der Waals surface area contributed by atoms with Crippen molar-refractivity contribution in [3.8, 4) is 0 Å². The molecule has 6 nitrogen and oxygen atoms in total. The summed E-state index contributed by atoms with van der Waals surface area (Å²) in [7, 11) is 0. The maximum absolute atomic E-state index is 11.3. The van der Waals surface area contributed by atoms with Crippen molar-refractivity contribution in [3.05, 3.63) is 0 Å². The van der Waals surface area contributed by atoms with Gasteiger partial charge in [0.15, 0.2) is 0 Å². The molecule has 0 aromatic heterocycles. The molecule has 0 N–H and O–H groups in total. The van der Waals surface area contributed by atoms with Crippen molar-refractivity contribution >= 4 is 23.5 Å². The van der Waals surface area contributed by atoms with Crippen molar-refractivity contribution in [1.29, 1.82) is 0 Å². The summed E-state index contributed by atoms with van der Waals surface area (Å²) in [5.41, 5.74) is 0. The molecule has 0 aliphatic heterocycles. The van der Waals surface area contributed by atoms with E-state index in [4.69, 9.17) is 0 Å². The SMILES string of the molecule is CC(=O)CC(C)C(=O)OOC(=O)C(C)CC(C)=O. The zero-order chi connectivity index (χ0) is 14.3. The first kappa shape index (κ1) is 16.3. The summed E-state index contributed by atoms with van der Waals surface area (Å²) >= 11 is 0. The molecule has 0 aromatic rings. The molecule has 0 saturated heterocycles. The second-order valence-electron chi connectivity index (χ2n) is 4.42. The van der Waals surface area contributed by atoms with Crippen LogP contribution in [0, 0.1) is 11.8 Å². The molecule has 0 amide bonds. The number of carbonyl (C=O) groups excluding carboxylic acids is 4. The fraction of sp³-hybridized carbons (Fsp3) is 0.667. The Morgan fingerprint density at radius 3 is 1.28 bits per heavy atom. The lowest BCUT2D eigenvalue weighted by Crippen LogP contribution is -2.23. The molecule has 0 radical (unpaired) electrons. The molecule has 2 atom stereocenters. The van der Waals surface area contributed by atoms with Gasteiger partial charge in [-0.2, -0.15) is 0 Å². The van der Waals surface area contributed by atoms with Gasteiger partial charge in [0.25, 0.3) is 0 Å². The molecule has 2 unspecified atom stereocenters. The van der Waals surface area contributed by atoms with Gasteiger partial charge in [0.1, 0.15) is 11.6 Å². The van der Waals surface area contributed by atoms with E-state index in [1.807, 2.05) is 0 Å². The van der Waals surface area contributed by atoms with E-state index in [1.165, 1.54) is 27.7 Å². The largest absolute Gasteiger partial charge is 0.358 e. The monoisotopic (exact) mass is 258 g/mol. The number of hydrogen-bond acceptors (Lipinski definition) is 6. The summed E-state index contributed by atoms with van der Waals surface area (Å²) in [5.74, 6) is -3.22. The van der Waals surface area contributed by atoms with E-state index in [0.717, 1.165) is 0 Å². The Hall–Kier alpha value is -1.72. The van der Waals surface area contributed by atoms with Crippen molar-refractivity contribution in [2.45, 2.75) is 40.5 Å². The van der Waals surface area contributed by atoms with Gasteiger partial charge in [-0.1, -0.05) is 13.8 Å². The average Bonchev–Trinajstić information content (AvgIpc) is 2.23. The van der Waals surface area contributed by atoms with Crippen LogP contribution in [0.2, 0.25) is 0 Å². The van der Waals surface area contributed by atoms with Gasteiger partial charge in [-0.3, -0.25) is 0 Å². The van der Waals surface area contributed by atoms with E-state index in [-0.39, 0.29) is 24.4 Å². The van der Waals surface area contributed by atoms with Gasteiger partial charge in [-0.15, -0.1) is 0 Å². The molecule has 0 rings (SSSR count). The number of rotatable bonds is 6. The predicted octanol–water partition coefficient (Wildman–Crippen LogP) is 1.22. The Labute approximate surface area is 106 Å². The highest BCUT2D eigenvalue weighted by atomic mass is 17.2. The zero-order valence-corrected chi connectivity index (χ0v) is 11.0. The first-order chi connectivity index (χ1) is 8.23. The van der Waals surface area contributed by atoms with Gasteiger partial charge in [0.2, 0.25) is 0 Å². The average molecular weight is 258 g/mol. The first-order valence-electron chi connectivity index (χ1n) is 5.65. The predicted molar refractivity (Wildman–Crippen MR) is 61.1 cm³/mol. The normalized spacial score (nSPS) is 13.3. The standard InChI is InChI=1S/C12H18O6/c1-7(5-9(3)13)11(15)17-18-12(16)8(2)6-10(4)14/h7-8H,5-6H2,1-4H3. The van der Waals surface area contributed by atoms with Crippen LogP contribution in [0.4, 0.5) is 0 Å². The third-order valence-corrected chi connectivity index (χ3v) is 2.20. The van der Waals surface area contributed by atoms with Crippen molar-refractivity contribution < 1.29 is 29.0 Å². The van der Waals surface area contributed by atoms with Crippen molar-refractivity contribution in [1.82, 2.24) is 0 Å². The molecular formula is C12H18O6. The summed E-state index contributed by atoms with van der Waals surface area (Å²) in [5, 5.41) is 0. The summed E-state index contributed by atoms with van der Waals surface area (Å²) in [6.07, 6.45) is 0.0543. The number of Topliss-reactive ketones (excluding diaryl/α,β-unsaturated/α-hetero) is 2. The lowest BCUT2D eigenvalue weighted by atomic mass is 10.1. The van der Waals surface area contributed by atoms with Crippen LogP contribution >= 0.6 is 0 Å². The van der Waals surface area contributed by atoms with E-state index in [0.29, 0.717) is 0 Å². The van der Waals surface area contributed by atoms with Gasteiger partial charge >= 0.3 is 11.9 Å². The molecule has 0 aromatic carbocycles. The third-order valence-electron chi connectivity index (χ3n) is 2.20. The minimum atomic E-state index is -0.784. The van der Waals surface area contributed by atoms with Crippen molar-refractivity contribution in [3.63, 3.8) is 0 Å². The minimum absolute atomic E-state index is 0.0272. The highest BCUT2D eigenvalue weighted by Gasteiger charge is 2.22. The molecule has 102 valence electrons. The first-order valence-corrected chi connectivity index (χ1v) is 5.65. The Morgan fingerprint density at radius 1 is 0.778 bits per heavy atom. The topological polar surface area (TPSA) is 86.7 Å². The Kier molecular flexibility index (Phi) is 6.85. The third kappa shape index (κ3) is 6.78. The fourth-order valence-corrected chi connectivity index (χ4v) is 1.28.